The number of alkyl halides is 2. The fourth-order valence-electron chi connectivity index (χ4n) is 1.50. The predicted octanol–water partition coefficient (Wildman–Crippen LogP) is 1.24. The summed E-state index contributed by atoms with van der Waals surface area (Å²) in [7, 11) is 0. The van der Waals surface area contributed by atoms with Gasteiger partial charge in [0, 0.05) is 17.8 Å². The first-order valence-corrected chi connectivity index (χ1v) is 5.44. The van der Waals surface area contributed by atoms with Crippen molar-refractivity contribution in [2.45, 2.75) is 26.4 Å². The molecule has 100 valence electrons. The number of nitrogens with one attached hydrogen (secondary N) is 1. The summed E-state index contributed by atoms with van der Waals surface area (Å²) in [6, 6.07) is 3.24. The van der Waals surface area contributed by atoms with Crippen LogP contribution in [0.2, 0.25) is 0 Å². The number of hydrogen-bond donors (Lipinski definition) is 3. The number of carbonyl (C=O) groups excluding carboxylic acids is 1. The molecule has 0 bridgehead atoms. The van der Waals surface area contributed by atoms with E-state index in [0.29, 0.717) is 16.8 Å². The fourth-order valence-corrected chi connectivity index (χ4v) is 1.50. The fraction of sp³-hybridized carbons (Fsp3) is 0.417. The summed E-state index contributed by atoms with van der Waals surface area (Å²) in [5, 5.41) is 11.1. The number of carbonyl (C=O) groups is 1. The number of aryl methyl sites for hydroxylation is 2. The van der Waals surface area contributed by atoms with Crippen LogP contribution in [0, 0.1) is 13.8 Å². The van der Waals surface area contributed by atoms with E-state index in [2.05, 4.69) is 5.32 Å². The van der Waals surface area contributed by atoms with Gasteiger partial charge in [-0.15, -0.1) is 0 Å². The van der Waals surface area contributed by atoms with Crippen LogP contribution in [0.1, 0.15) is 21.5 Å². The van der Waals surface area contributed by atoms with Crippen LogP contribution >= 0.6 is 0 Å². The first-order valence-electron chi connectivity index (χ1n) is 5.44. The lowest BCUT2D eigenvalue weighted by atomic mass is 10.0. The highest BCUT2D eigenvalue weighted by molar-refractivity contribution is 5.96. The van der Waals surface area contributed by atoms with Crippen molar-refractivity contribution in [3.8, 4) is 0 Å². The minimum absolute atomic E-state index is 0.319. The third-order valence-electron chi connectivity index (χ3n) is 2.62. The summed E-state index contributed by atoms with van der Waals surface area (Å²) in [5.74, 6) is -0.529. The van der Waals surface area contributed by atoms with Crippen molar-refractivity contribution in [2.24, 2.45) is 0 Å². The minimum atomic E-state index is -2.88. The maximum Gasteiger partial charge on any atom is 0.265 e. The molecular formula is C12H16F2N2O2. The molecule has 1 aromatic rings. The molecule has 0 aliphatic carbocycles. The smallest absolute Gasteiger partial charge is 0.265 e. The Morgan fingerprint density at radius 3 is 2.56 bits per heavy atom. The molecule has 0 aliphatic heterocycles. The van der Waals surface area contributed by atoms with Crippen LogP contribution in [0.25, 0.3) is 0 Å². The molecule has 0 spiro atoms. The Morgan fingerprint density at radius 1 is 1.39 bits per heavy atom. The highest BCUT2D eigenvalue weighted by atomic mass is 19.3. The molecule has 4 N–H and O–H groups in total. The molecule has 4 nitrogen and oxygen atoms in total. The highest BCUT2D eigenvalue weighted by Crippen LogP contribution is 2.17. The number of amides is 1. The average molecular weight is 258 g/mol. The summed E-state index contributed by atoms with van der Waals surface area (Å²) < 4.78 is 24.1. The van der Waals surface area contributed by atoms with Crippen molar-refractivity contribution in [1.29, 1.82) is 0 Å². The zero-order valence-corrected chi connectivity index (χ0v) is 10.2. The van der Waals surface area contributed by atoms with Crippen molar-refractivity contribution in [1.82, 2.24) is 5.32 Å². The van der Waals surface area contributed by atoms with Crippen LogP contribution < -0.4 is 11.1 Å². The van der Waals surface area contributed by atoms with Crippen molar-refractivity contribution in [2.75, 3.05) is 12.3 Å². The molecule has 0 aromatic heterocycles. The van der Waals surface area contributed by atoms with Crippen LogP contribution in [0.15, 0.2) is 12.1 Å². The summed E-state index contributed by atoms with van der Waals surface area (Å²) in [6.07, 6.45) is -4.74. The molecule has 1 atom stereocenters. The molecule has 0 aliphatic rings. The summed E-state index contributed by atoms with van der Waals surface area (Å²) in [4.78, 5) is 11.7. The molecule has 0 saturated carbocycles. The second-order valence-electron chi connectivity index (χ2n) is 4.14. The monoisotopic (exact) mass is 258 g/mol. The van der Waals surface area contributed by atoms with Gasteiger partial charge in [0.2, 0.25) is 0 Å². The van der Waals surface area contributed by atoms with Crippen LogP contribution in [-0.4, -0.2) is 30.1 Å². The van der Waals surface area contributed by atoms with E-state index < -0.39 is 25.0 Å². The minimum Gasteiger partial charge on any atom is -0.398 e. The first-order chi connectivity index (χ1) is 8.32. The number of nitrogens with two attached hydrogens (primary N) is 1. The number of nitrogen functional groups attached to an aromatic ring is 1. The predicted molar refractivity (Wildman–Crippen MR) is 64.7 cm³/mol. The van der Waals surface area contributed by atoms with Gasteiger partial charge < -0.3 is 16.2 Å². The Hall–Kier alpha value is -1.69. The first kappa shape index (κ1) is 14.4. The van der Waals surface area contributed by atoms with Crippen LogP contribution in [0.5, 0.6) is 0 Å². The number of benzene rings is 1. The van der Waals surface area contributed by atoms with Crippen LogP contribution in [-0.2, 0) is 0 Å². The van der Waals surface area contributed by atoms with Gasteiger partial charge in [-0.05, 0) is 31.0 Å². The van der Waals surface area contributed by atoms with Gasteiger partial charge in [-0.2, -0.15) is 0 Å². The van der Waals surface area contributed by atoms with E-state index in [1.54, 1.807) is 13.0 Å². The van der Waals surface area contributed by atoms with Crippen molar-refractivity contribution < 1.29 is 18.7 Å². The van der Waals surface area contributed by atoms with Gasteiger partial charge in [0.1, 0.15) is 6.10 Å². The van der Waals surface area contributed by atoms with Gasteiger partial charge in [-0.25, -0.2) is 8.78 Å². The van der Waals surface area contributed by atoms with E-state index >= 15 is 0 Å². The summed E-state index contributed by atoms with van der Waals surface area (Å²) in [5.41, 5.74) is 8.00. The van der Waals surface area contributed by atoms with E-state index in [4.69, 9.17) is 10.8 Å². The topological polar surface area (TPSA) is 75.3 Å². The molecule has 0 saturated heterocycles. The van der Waals surface area contributed by atoms with Gasteiger partial charge in [0.05, 0.1) is 0 Å². The molecule has 0 heterocycles. The highest BCUT2D eigenvalue weighted by Gasteiger charge is 2.18. The third-order valence-corrected chi connectivity index (χ3v) is 2.62. The lowest BCUT2D eigenvalue weighted by Gasteiger charge is -2.13. The van der Waals surface area contributed by atoms with Crippen molar-refractivity contribution in [3.05, 3.63) is 28.8 Å². The van der Waals surface area contributed by atoms with Crippen LogP contribution in [0.4, 0.5) is 14.5 Å². The summed E-state index contributed by atoms with van der Waals surface area (Å²) >= 11 is 0. The second-order valence-corrected chi connectivity index (χ2v) is 4.14. The molecule has 1 aromatic carbocycles. The molecule has 1 rings (SSSR count). The van der Waals surface area contributed by atoms with Gasteiger partial charge in [0.25, 0.3) is 12.3 Å². The number of aliphatic hydroxyl groups excluding tert-OH is 1. The van der Waals surface area contributed by atoms with Gasteiger partial charge >= 0.3 is 0 Å². The maximum absolute atomic E-state index is 12.1. The van der Waals surface area contributed by atoms with Crippen LogP contribution in [0.3, 0.4) is 0 Å². The largest absolute Gasteiger partial charge is 0.398 e. The molecule has 6 heteroatoms. The maximum atomic E-state index is 12.1. The number of halogens is 2. The Labute approximate surface area is 104 Å². The Morgan fingerprint density at radius 2 is 2.00 bits per heavy atom. The van der Waals surface area contributed by atoms with E-state index in [1.807, 2.05) is 6.92 Å². The van der Waals surface area contributed by atoms with Crippen molar-refractivity contribution >= 4 is 11.6 Å². The number of aliphatic hydroxyl groups is 1. The van der Waals surface area contributed by atoms with E-state index in [-0.39, 0.29) is 0 Å². The quantitative estimate of drug-likeness (QED) is 0.711. The standard InChI is InChI=1S/C12H16F2N2O2/c1-6-3-7(2)9(15)4-8(6)12(18)16-5-10(17)11(13)14/h3-4,10-11,17H,5,15H2,1-2H3,(H,16,18). The lowest BCUT2D eigenvalue weighted by Crippen LogP contribution is -2.36. The van der Waals surface area contributed by atoms with E-state index in [9.17, 15) is 13.6 Å². The lowest BCUT2D eigenvalue weighted by molar-refractivity contribution is -0.00270. The zero-order valence-electron chi connectivity index (χ0n) is 10.2. The average Bonchev–Trinajstić information content (AvgIpc) is 2.30. The van der Waals surface area contributed by atoms with E-state index in [0.717, 1.165) is 5.56 Å². The van der Waals surface area contributed by atoms with Crippen molar-refractivity contribution in [3.63, 3.8) is 0 Å². The molecule has 0 fully saturated rings. The number of rotatable bonds is 4. The van der Waals surface area contributed by atoms with E-state index in [1.165, 1.54) is 6.07 Å². The molecule has 1 amide bonds. The SMILES string of the molecule is Cc1cc(C)c(C(=O)NCC(O)C(F)F)cc1N. The van der Waals surface area contributed by atoms with Gasteiger partial charge in [-0.1, -0.05) is 6.07 Å². The zero-order chi connectivity index (χ0) is 13.9. The Bertz CT molecular complexity index is 450. The Balaban J connectivity index is 2.76. The third kappa shape index (κ3) is 3.40. The van der Waals surface area contributed by atoms with Gasteiger partial charge in [-0.3, -0.25) is 4.79 Å². The second kappa shape index (κ2) is 5.77. The molecular weight excluding hydrogens is 242 g/mol. The van der Waals surface area contributed by atoms with Gasteiger partial charge in [0.15, 0.2) is 0 Å². The number of anilines is 1. The number of hydrogen-bond acceptors (Lipinski definition) is 3. The Kier molecular flexibility index (Phi) is 4.61. The summed E-state index contributed by atoms with van der Waals surface area (Å²) in [6.45, 7) is 3.04. The molecule has 1 unspecified atom stereocenters. The normalized spacial score (nSPS) is 12.6. The molecule has 0 radical (unpaired) electrons. The molecule has 18 heavy (non-hydrogen) atoms.